The Morgan fingerprint density at radius 1 is 1.26 bits per heavy atom. The maximum atomic E-state index is 13.5. The molecule has 11 heteroatoms. The van der Waals surface area contributed by atoms with Crippen molar-refractivity contribution in [3.8, 4) is 11.3 Å². The molecule has 1 amide bonds. The molecule has 0 aliphatic carbocycles. The summed E-state index contributed by atoms with van der Waals surface area (Å²) in [6.07, 6.45) is 1.87. The zero-order valence-corrected chi connectivity index (χ0v) is 20.3. The third-order valence-electron chi connectivity index (χ3n) is 6.32. The van der Waals surface area contributed by atoms with E-state index in [1.54, 1.807) is 12.1 Å². The lowest BCUT2D eigenvalue weighted by Gasteiger charge is -2.22. The molecule has 0 radical (unpaired) electrons. The van der Waals surface area contributed by atoms with Crippen molar-refractivity contribution in [3.05, 3.63) is 53.3 Å². The number of hydrogen-bond acceptors (Lipinski definition) is 6. The quantitative estimate of drug-likeness (QED) is 0.452. The Morgan fingerprint density at radius 2 is 1.94 bits per heavy atom. The monoisotopic (exact) mass is 503 g/mol. The number of amides is 1. The lowest BCUT2D eigenvalue weighted by Crippen LogP contribution is -2.29. The van der Waals surface area contributed by atoms with Gasteiger partial charge in [0, 0.05) is 31.1 Å². The first-order valence-corrected chi connectivity index (χ1v) is 12.8. The molecule has 186 valence electrons. The first-order chi connectivity index (χ1) is 16.5. The van der Waals surface area contributed by atoms with Crippen molar-refractivity contribution in [2.24, 2.45) is 5.92 Å². The van der Waals surface area contributed by atoms with Crippen molar-refractivity contribution in [3.63, 3.8) is 0 Å². The molecule has 1 aromatic heterocycles. The van der Waals surface area contributed by atoms with Crippen LogP contribution in [0.3, 0.4) is 0 Å². The number of halogens is 1. The molecule has 0 spiro atoms. The molecular weight excluding hydrogens is 477 g/mol. The van der Waals surface area contributed by atoms with E-state index >= 15 is 0 Å². The largest absolute Gasteiger partial charge is 0.480 e. The van der Waals surface area contributed by atoms with Crippen LogP contribution in [-0.2, 0) is 21.2 Å². The van der Waals surface area contributed by atoms with E-state index in [2.05, 4.69) is 10.6 Å². The van der Waals surface area contributed by atoms with Gasteiger partial charge >= 0.3 is 5.97 Å². The molecule has 1 saturated heterocycles. The fourth-order valence-corrected chi connectivity index (χ4v) is 4.96. The van der Waals surface area contributed by atoms with Gasteiger partial charge in [0.2, 0.25) is 10.0 Å². The average molecular weight is 504 g/mol. The summed E-state index contributed by atoms with van der Waals surface area (Å²) >= 11 is 0. The Morgan fingerprint density at radius 3 is 2.51 bits per heavy atom. The number of carboxylic acids is 1. The number of furan rings is 1. The number of carboxylic acid groups (broad SMARTS) is 1. The molecule has 4 rings (SSSR count). The Bertz CT molecular complexity index is 1400. The van der Waals surface area contributed by atoms with E-state index in [9.17, 15) is 27.5 Å². The van der Waals surface area contributed by atoms with Gasteiger partial charge in [-0.05, 0) is 61.2 Å². The number of rotatable bonds is 7. The maximum Gasteiger partial charge on any atom is 0.320 e. The van der Waals surface area contributed by atoms with E-state index in [-0.39, 0.29) is 17.2 Å². The molecule has 0 bridgehead atoms. The summed E-state index contributed by atoms with van der Waals surface area (Å²) in [5.41, 5.74) is 2.05. The van der Waals surface area contributed by atoms with Crippen LogP contribution in [0.5, 0.6) is 0 Å². The SMILES string of the molecule is CNC(=O)c1c(-c2ccc(F)cc2)oc2cc(N(C)S(C)(=O)=O)c(CC3CNC(C(=O)O)C3)cc12. The number of hydrogen-bond donors (Lipinski definition) is 3. The molecule has 9 nitrogen and oxygen atoms in total. The van der Waals surface area contributed by atoms with E-state index in [1.165, 1.54) is 38.4 Å². The second-order valence-electron chi connectivity index (χ2n) is 8.70. The molecule has 1 fully saturated rings. The van der Waals surface area contributed by atoms with Gasteiger partial charge < -0.3 is 20.2 Å². The summed E-state index contributed by atoms with van der Waals surface area (Å²) in [6.45, 7) is 0.464. The van der Waals surface area contributed by atoms with Crippen LogP contribution >= 0.6 is 0 Å². The van der Waals surface area contributed by atoms with Crippen LogP contribution in [0.25, 0.3) is 22.3 Å². The molecule has 2 atom stereocenters. The third-order valence-corrected chi connectivity index (χ3v) is 7.51. The minimum atomic E-state index is -3.63. The standard InChI is InChI=1S/C24H26FN3O6S/c1-26-23(29)21-17-10-15(8-13-9-18(24(30)31)27-12-13)19(28(2)35(3,32)33)11-20(17)34-22(21)14-4-6-16(25)7-5-14/h4-7,10-11,13,18,27H,8-9,12H2,1-3H3,(H,26,29)(H,30,31). The Kier molecular flexibility index (Phi) is 6.56. The summed E-state index contributed by atoms with van der Waals surface area (Å²) in [4.78, 5) is 24.2. The minimum absolute atomic E-state index is 0.0489. The number of benzene rings is 2. The molecule has 35 heavy (non-hydrogen) atoms. The number of carbonyl (C=O) groups excluding carboxylic acids is 1. The highest BCUT2D eigenvalue weighted by atomic mass is 32.2. The molecule has 2 aromatic carbocycles. The number of nitrogens with one attached hydrogen (secondary N) is 2. The second-order valence-corrected chi connectivity index (χ2v) is 10.7. The zero-order valence-electron chi connectivity index (χ0n) is 19.5. The van der Waals surface area contributed by atoms with Crippen LogP contribution in [-0.4, -0.2) is 58.3 Å². The van der Waals surface area contributed by atoms with Crippen LogP contribution in [0.15, 0.2) is 40.8 Å². The fourth-order valence-electron chi connectivity index (χ4n) is 4.43. The van der Waals surface area contributed by atoms with Gasteiger partial charge in [0.05, 0.1) is 17.5 Å². The highest BCUT2D eigenvalue weighted by Crippen LogP contribution is 2.39. The van der Waals surface area contributed by atoms with Crippen LogP contribution in [0.2, 0.25) is 0 Å². The van der Waals surface area contributed by atoms with E-state index < -0.39 is 33.8 Å². The average Bonchev–Trinajstić information content (AvgIpc) is 3.42. The number of carbonyl (C=O) groups is 2. The van der Waals surface area contributed by atoms with Gasteiger partial charge in [-0.1, -0.05) is 0 Å². The van der Waals surface area contributed by atoms with Crippen molar-refractivity contribution in [1.82, 2.24) is 10.6 Å². The summed E-state index contributed by atoms with van der Waals surface area (Å²) in [6, 6.07) is 8.15. The predicted molar refractivity (Wildman–Crippen MR) is 129 cm³/mol. The Labute approximate surface area is 202 Å². The summed E-state index contributed by atoms with van der Waals surface area (Å²) in [5, 5.41) is 15.4. The normalized spacial score (nSPS) is 18.1. The Balaban J connectivity index is 1.90. The molecule has 1 aliphatic heterocycles. The lowest BCUT2D eigenvalue weighted by molar-refractivity contribution is -0.139. The molecule has 2 unspecified atom stereocenters. The minimum Gasteiger partial charge on any atom is -0.480 e. The predicted octanol–water partition coefficient (Wildman–Crippen LogP) is 2.60. The topological polar surface area (TPSA) is 129 Å². The maximum absolute atomic E-state index is 13.5. The van der Waals surface area contributed by atoms with Gasteiger partial charge in [0.15, 0.2) is 0 Å². The first-order valence-electron chi connectivity index (χ1n) is 11.0. The molecule has 1 aliphatic rings. The molecular formula is C24H26FN3O6S. The molecule has 3 N–H and O–H groups in total. The number of fused-ring (bicyclic) bond motifs is 1. The van der Waals surface area contributed by atoms with E-state index in [0.717, 1.165) is 10.6 Å². The van der Waals surface area contributed by atoms with Crippen molar-refractivity contribution in [2.75, 3.05) is 31.2 Å². The van der Waals surface area contributed by atoms with E-state index in [1.807, 2.05) is 0 Å². The van der Waals surface area contributed by atoms with Crippen LogP contribution < -0.4 is 14.9 Å². The van der Waals surface area contributed by atoms with E-state index in [0.29, 0.717) is 47.2 Å². The van der Waals surface area contributed by atoms with Crippen LogP contribution in [0.4, 0.5) is 10.1 Å². The van der Waals surface area contributed by atoms with Crippen LogP contribution in [0, 0.1) is 11.7 Å². The van der Waals surface area contributed by atoms with Gasteiger partial charge in [-0.25, -0.2) is 12.8 Å². The van der Waals surface area contributed by atoms with Crippen LogP contribution in [0.1, 0.15) is 22.3 Å². The zero-order chi connectivity index (χ0) is 25.5. The highest BCUT2D eigenvalue weighted by Gasteiger charge is 2.31. The van der Waals surface area contributed by atoms with Gasteiger partial charge in [-0.15, -0.1) is 0 Å². The molecule has 2 heterocycles. The first kappa shape index (κ1) is 24.7. The fraction of sp³-hybridized carbons (Fsp3) is 0.333. The van der Waals surface area contributed by atoms with Gasteiger partial charge in [0.25, 0.3) is 5.91 Å². The molecule has 3 aromatic rings. The number of anilines is 1. The van der Waals surface area contributed by atoms with Crippen molar-refractivity contribution in [2.45, 2.75) is 18.9 Å². The lowest BCUT2D eigenvalue weighted by atomic mass is 9.93. The number of aliphatic carboxylic acids is 1. The van der Waals surface area contributed by atoms with E-state index in [4.69, 9.17) is 4.42 Å². The Hall–Kier alpha value is -3.44. The molecule has 0 saturated carbocycles. The van der Waals surface area contributed by atoms with Crippen molar-refractivity contribution >= 4 is 38.6 Å². The second kappa shape index (κ2) is 9.31. The summed E-state index contributed by atoms with van der Waals surface area (Å²) in [5.74, 6) is -1.59. The van der Waals surface area contributed by atoms with Gasteiger partial charge in [-0.3, -0.25) is 13.9 Å². The highest BCUT2D eigenvalue weighted by molar-refractivity contribution is 7.92. The van der Waals surface area contributed by atoms with Gasteiger partial charge in [0.1, 0.15) is 23.2 Å². The van der Waals surface area contributed by atoms with Crippen molar-refractivity contribution in [1.29, 1.82) is 0 Å². The third kappa shape index (κ3) is 4.87. The van der Waals surface area contributed by atoms with Gasteiger partial charge in [-0.2, -0.15) is 0 Å². The summed E-state index contributed by atoms with van der Waals surface area (Å²) in [7, 11) is -0.713. The smallest absolute Gasteiger partial charge is 0.320 e. The summed E-state index contributed by atoms with van der Waals surface area (Å²) < 4.78 is 45.4. The van der Waals surface area contributed by atoms with Crippen molar-refractivity contribution < 1.29 is 31.9 Å². The number of sulfonamides is 1. The number of nitrogens with zero attached hydrogens (tertiary/aromatic N) is 1.